The van der Waals surface area contributed by atoms with Crippen LogP contribution in [0.2, 0.25) is 0 Å². The van der Waals surface area contributed by atoms with Gasteiger partial charge in [0, 0.05) is 25.2 Å². The van der Waals surface area contributed by atoms with Gasteiger partial charge in [0.15, 0.2) is 0 Å². The maximum atomic E-state index is 3.58. The van der Waals surface area contributed by atoms with Gasteiger partial charge in [-0.15, -0.1) is 0 Å². The summed E-state index contributed by atoms with van der Waals surface area (Å²) < 4.78 is 0. The van der Waals surface area contributed by atoms with Crippen molar-refractivity contribution in [3.8, 4) is 0 Å². The highest BCUT2D eigenvalue weighted by Gasteiger charge is 2.06. The molecule has 0 saturated carbocycles. The second-order valence-electron chi connectivity index (χ2n) is 5.35. The van der Waals surface area contributed by atoms with Gasteiger partial charge in [0.25, 0.3) is 0 Å². The highest BCUT2D eigenvalue weighted by molar-refractivity contribution is 5.24. The van der Waals surface area contributed by atoms with Crippen molar-refractivity contribution in [3.63, 3.8) is 0 Å². The number of hydrogen-bond donors (Lipinski definition) is 1. The van der Waals surface area contributed by atoms with E-state index in [0.29, 0.717) is 12.1 Å². The molecular formula is C16H28N2. The van der Waals surface area contributed by atoms with Crippen molar-refractivity contribution < 1.29 is 0 Å². The summed E-state index contributed by atoms with van der Waals surface area (Å²) in [6.45, 7) is 11.0. The van der Waals surface area contributed by atoms with Gasteiger partial charge in [-0.3, -0.25) is 0 Å². The molecular weight excluding hydrogens is 220 g/mol. The molecule has 18 heavy (non-hydrogen) atoms. The zero-order valence-electron chi connectivity index (χ0n) is 12.5. The van der Waals surface area contributed by atoms with Crippen LogP contribution in [0.25, 0.3) is 0 Å². The Hall–Kier alpha value is -0.860. The Balaban J connectivity index is 2.37. The summed E-state index contributed by atoms with van der Waals surface area (Å²) in [5.41, 5.74) is 2.78. The number of likely N-dealkylation sites (N-methyl/N-ethyl adjacent to an activating group) is 1. The third-order valence-corrected chi connectivity index (χ3v) is 3.68. The lowest BCUT2D eigenvalue weighted by atomic mass is 10.1. The smallest absolute Gasteiger partial charge is 0.0292 e. The molecule has 0 saturated heterocycles. The standard InChI is InChI=1S/C16H28N2/c1-6-15-7-9-16(10-8-15)14(4)17-11-12-18(5)13(2)3/h7-10,13-14,17H,6,11-12H2,1-5H3. The van der Waals surface area contributed by atoms with Gasteiger partial charge in [0.2, 0.25) is 0 Å². The lowest BCUT2D eigenvalue weighted by molar-refractivity contribution is 0.270. The second kappa shape index (κ2) is 7.55. The highest BCUT2D eigenvalue weighted by atomic mass is 15.1. The largest absolute Gasteiger partial charge is 0.309 e. The van der Waals surface area contributed by atoms with Crippen LogP contribution in [0.15, 0.2) is 24.3 Å². The van der Waals surface area contributed by atoms with E-state index in [-0.39, 0.29) is 0 Å². The zero-order chi connectivity index (χ0) is 13.5. The average molecular weight is 248 g/mol. The minimum Gasteiger partial charge on any atom is -0.309 e. The van der Waals surface area contributed by atoms with E-state index in [1.165, 1.54) is 11.1 Å². The molecule has 0 aliphatic rings. The van der Waals surface area contributed by atoms with Crippen molar-refractivity contribution in [1.29, 1.82) is 0 Å². The van der Waals surface area contributed by atoms with Crippen molar-refractivity contribution in [2.75, 3.05) is 20.1 Å². The van der Waals surface area contributed by atoms with E-state index in [2.05, 4.69) is 69.2 Å². The normalized spacial score (nSPS) is 13.3. The Labute approximate surface area is 112 Å². The fourth-order valence-corrected chi connectivity index (χ4v) is 1.88. The third kappa shape index (κ3) is 4.79. The molecule has 0 aliphatic carbocycles. The number of rotatable bonds is 7. The molecule has 0 fully saturated rings. The lowest BCUT2D eigenvalue weighted by Gasteiger charge is -2.22. The molecule has 1 N–H and O–H groups in total. The first-order chi connectivity index (χ1) is 8.54. The number of nitrogens with one attached hydrogen (secondary N) is 1. The van der Waals surface area contributed by atoms with Crippen molar-refractivity contribution in [1.82, 2.24) is 10.2 Å². The molecule has 102 valence electrons. The van der Waals surface area contributed by atoms with E-state index in [4.69, 9.17) is 0 Å². The van der Waals surface area contributed by atoms with Crippen LogP contribution in [-0.2, 0) is 6.42 Å². The van der Waals surface area contributed by atoms with E-state index in [1.54, 1.807) is 0 Å². The predicted molar refractivity (Wildman–Crippen MR) is 80.0 cm³/mol. The second-order valence-corrected chi connectivity index (χ2v) is 5.35. The summed E-state index contributed by atoms with van der Waals surface area (Å²) >= 11 is 0. The first-order valence-corrected chi connectivity index (χ1v) is 7.07. The lowest BCUT2D eigenvalue weighted by Crippen LogP contribution is -2.34. The molecule has 1 aromatic carbocycles. The minimum absolute atomic E-state index is 0.427. The minimum atomic E-state index is 0.427. The summed E-state index contributed by atoms with van der Waals surface area (Å²) in [6, 6.07) is 9.98. The molecule has 1 atom stereocenters. The molecule has 1 aromatic rings. The van der Waals surface area contributed by atoms with Gasteiger partial charge in [-0.2, -0.15) is 0 Å². The Morgan fingerprint density at radius 2 is 1.72 bits per heavy atom. The molecule has 0 spiro atoms. The molecule has 0 radical (unpaired) electrons. The van der Waals surface area contributed by atoms with Gasteiger partial charge in [0.1, 0.15) is 0 Å². The van der Waals surface area contributed by atoms with Crippen LogP contribution in [-0.4, -0.2) is 31.1 Å². The van der Waals surface area contributed by atoms with Gasteiger partial charge in [-0.05, 0) is 45.4 Å². The van der Waals surface area contributed by atoms with Crippen LogP contribution in [0, 0.1) is 0 Å². The zero-order valence-corrected chi connectivity index (χ0v) is 12.5. The van der Waals surface area contributed by atoms with Crippen molar-refractivity contribution in [3.05, 3.63) is 35.4 Å². The van der Waals surface area contributed by atoms with Crippen LogP contribution < -0.4 is 5.32 Å². The Kier molecular flexibility index (Phi) is 6.37. The molecule has 0 amide bonds. The Morgan fingerprint density at radius 3 is 2.22 bits per heavy atom. The van der Waals surface area contributed by atoms with E-state index >= 15 is 0 Å². The molecule has 1 rings (SSSR count). The monoisotopic (exact) mass is 248 g/mol. The van der Waals surface area contributed by atoms with Crippen LogP contribution in [0.4, 0.5) is 0 Å². The summed E-state index contributed by atoms with van der Waals surface area (Å²) in [5, 5.41) is 3.58. The van der Waals surface area contributed by atoms with Crippen molar-refractivity contribution in [2.45, 2.75) is 46.2 Å². The quantitative estimate of drug-likeness (QED) is 0.797. The summed E-state index contributed by atoms with van der Waals surface area (Å²) in [7, 11) is 2.17. The van der Waals surface area contributed by atoms with Gasteiger partial charge in [0.05, 0.1) is 0 Å². The molecule has 0 heterocycles. The first kappa shape index (κ1) is 15.2. The third-order valence-electron chi connectivity index (χ3n) is 3.68. The van der Waals surface area contributed by atoms with E-state index in [1.807, 2.05) is 0 Å². The number of nitrogens with zero attached hydrogens (tertiary/aromatic N) is 1. The topological polar surface area (TPSA) is 15.3 Å². The fraction of sp³-hybridized carbons (Fsp3) is 0.625. The van der Waals surface area contributed by atoms with Crippen LogP contribution in [0.3, 0.4) is 0 Å². The van der Waals surface area contributed by atoms with Crippen LogP contribution in [0.1, 0.15) is 44.9 Å². The Bertz CT molecular complexity index is 329. The molecule has 1 unspecified atom stereocenters. The van der Waals surface area contributed by atoms with Crippen LogP contribution in [0.5, 0.6) is 0 Å². The highest BCUT2D eigenvalue weighted by Crippen LogP contribution is 2.13. The number of hydrogen-bond acceptors (Lipinski definition) is 2. The van der Waals surface area contributed by atoms with Crippen molar-refractivity contribution >= 4 is 0 Å². The molecule has 0 aromatic heterocycles. The predicted octanol–water partition coefficient (Wildman–Crippen LogP) is 3.24. The SMILES string of the molecule is CCc1ccc(C(C)NCCN(C)C(C)C)cc1. The Morgan fingerprint density at radius 1 is 1.11 bits per heavy atom. The first-order valence-electron chi connectivity index (χ1n) is 7.07. The summed E-state index contributed by atoms with van der Waals surface area (Å²) in [4.78, 5) is 2.36. The molecule has 2 heteroatoms. The van der Waals surface area contributed by atoms with E-state index in [0.717, 1.165) is 19.5 Å². The molecule has 2 nitrogen and oxygen atoms in total. The maximum absolute atomic E-state index is 3.58. The average Bonchev–Trinajstić information content (AvgIpc) is 2.38. The van der Waals surface area contributed by atoms with E-state index in [9.17, 15) is 0 Å². The fourth-order valence-electron chi connectivity index (χ4n) is 1.88. The maximum Gasteiger partial charge on any atom is 0.0292 e. The van der Waals surface area contributed by atoms with E-state index < -0.39 is 0 Å². The number of benzene rings is 1. The van der Waals surface area contributed by atoms with Crippen molar-refractivity contribution in [2.24, 2.45) is 0 Å². The molecule has 0 aliphatic heterocycles. The van der Waals surface area contributed by atoms with Gasteiger partial charge >= 0.3 is 0 Å². The van der Waals surface area contributed by atoms with Gasteiger partial charge < -0.3 is 10.2 Å². The van der Waals surface area contributed by atoms with Gasteiger partial charge in [-0.1, -0.05) is 31.2 Å². The molecule has 0 bridgehead atoms. The van der Waals surface area contributed by atoms with Crippen LogP contribution >= 0.6 is 0 Å². The summed E-state index contributed by atoms with van der Waals surface area (Å²) in [5.74, 6) is 0. The summed E-state index contributed by atoms with van der Waals surface area (Å²) in [6.07, 6.45) is 1.11. The number of aryl methyl sites for hydroxylation is 1. The van der Waals surface area contributed by atoms with Gasteiger partial charge in [-0.25, -0.2) is 0 Å².